The van der Waals surface area contributed by atoms with E-state index in [1.54, 1.807) is 0 Å². The van der Waals surface area contributed by atoms with Crippen molar-refractivity contribution in [2.45, 2.75) is 25.9 Å². The fourth-order valence-corrected chi connectivity index (χ4v) is 2.69. The number of aryl methyl sites for hydroxylation is 1. The number of carboxylic acids is 1. The zero-order valence-electron chi connectivity index (χ0n) is 10.9. The number of nitrogens with zero attached hydrogens (tertiary/aromatic N) is 2. The third-order valence-corrected chi connectivity index (χ3v) is 3.66. The maximum Gasteiger partial charge on any atom is 0.332 e. The molecule has 0 saturated carbocycles. The number of fused-ring (bicyclic) bond motifs is 1. The Morgan fingerprint density at radius 1 is 1.55 bits per heavy atom. The van der Waals surface area contributed by atoms with Crippen LogP contribution >= 0.6 is 11.3 Å². The van der Waals surface area contributed by atoms with Gasteiger partial charge in [0.25, 0.3) is 0 Å². The summed E-state index contributed by atoms with van der Waals surface area (Å²) < 4.78 is 1.87. The summed E-state index contributed by atoms with van der Waals surface area (Å²) in [6, 6.07) is 0. The quantitative estimate of drug-likeness (QED) is 0.706. The Kier molecular flexibility index (Phi) is 4.35. The van der Waals surface area contributed by atoms with E-state index in [1.807, 2.05) is 22.9 Å². The second kappa shape index (κ2) is 6.02. The molecule has 1 amide bonds. The van der Waals surface area contributed by atoms with E-state index in [4.69, 9.17) is 10.2 Å². The fraction of sp³-hybridized carbons (Fsp3) is 0.417. The van der Waals surface area contributed by atoms with Crippen molar-refractivity contribution in [3.05, 3.63) is 23.0 Å². The van der Waals surface area contributed by atoms with Crippen molar-refractivity contribution in [1.29, 1.82) is 0 Å². The van der Waals surface area contributed by atoms with Gasteiger partial charge in [0.2, 0.25) is 5.91 Å². The zero-order chi connectivity index (χ0) is 14.7. The van der Waals surface area contributed by atoms with Crippen LogP contribution in [0.4, 0.5) is 0 Å². The molecule has 0 radical (unpaired) electrons. The van der Waals surface area contributed by atoms with Crippen LogP contribution in [-0.4, -0.2) is 44.1 Å². The minimum atomic E-state index is -1.44. The first-order valence-electron chi connectivity index (χ1n) is 6.07. The number of thiazole rings is 1. The molecule has 0 spiro atoms. The number of hydrogen-bond donors (Lipinski definition) is 3. The molecule has 1 unspecified atom stereocenters. The van der Waals surface area contributed by atoms with E-state index in [2.05, 4.69) is 10.3 Å². The van der Waals surface area contributed by atoms with E-state index in [0.29, 0.717) is 0 Å². The van der Waals surface area contributed by atoms with E-state index in [0.717, 1.165) is 16.3 Å². The van der Waals surface area contributed by atoms with Crippen molar-refractivity contribution >= 4 is 28.2 Å². The molecule has 0 fully saturated rings. The van der Waals surface area contributed by atoms with Crippen molar-refractivity contribution in [2.75, 3.05) is 6.54 Å². The molecule has 2 aromatic rings. The zero-order valence-corrected chi connectivity index (χ0v) is 11.7. The highest BCUT2D eigenvalue weighted by Gasteiger charge is 2.14. The number of aliphatic carboxylic acids is 1. The van der Waals surface area contributed by atoms with Crippen LogP contribution in [0.1, 0.15) is 17.8 Å². The van der Waals surface area contributed by atoms with Crippen LogP contribution in [0.3, 0.4) is 0 Å². The average molecular weight is 297 g/mol. The van der Waals surface area contributed by atoms with Crippen molar-refractivity contribution in [1.82, 2.24) is 14.7 Å². The molecule has 2 heterocycles. The molecule has 0 aromatic carbocycles. The molecule has 0 saturated heterocycles. The van der Waals surface area contributed by atoms with Crippen LogP contribution < -0.4 is 5.32 Å². The minimum absolute atomic E-state index is 0.00962. The number of amides is 1. The lowest BCUT2D eigenvalue weighted by Gasteiger charge is -2.07. The van der Waals surface area contributed by atoms with E-state index in [9.17, 15) is 9.59 Å². The second-order valence-electron chi connectivity index (χ2n) is 4.43. The predicted octanol–water partition coefficient (Wildman–Crippen LogP) is 0.199. The van der Waals surface area contributed by atoms with Crippen LogP contribution in [0, 0.1) is 6.92 Å². The first-order chi connectivity index (χ1) is 9.47. The van der Waals surface area contributed by atoms with Crippen molar-refractivity contribution in [2.24, 2.45) is 0 Å². The van der Waals surface area contributed by atoms with Gasteiger partial charge in [-0.15, -0.1) is 11.3 Å². The van der Waals surface area contributed by atoms with Crippen LogP contribution in [0.2, 0.25) is 0 Å². The largest absolute Gasteiger partial charge is 0.479 e. The van der Waals surface area contributed by atoms with Gasteiger partial charge in [-0.3, -0.25) is 9.20 Å². The van der Waals surface area contributed by atoms with Gasteiger partial charge in [-0.25, -0.2) is 9.78 Å². The second-order valence-corrected chi connectivity index (χ2v) is 5.27. The molecule has 1 atom stereocenters. The van der Waals surface area contributed by atoms with Crippen molar-refractivity contribution in [3.8, 4) is 0 Å². The Morgan fingerprint density at radius 3 is 3.00 bits per heavy atom. The molecule has 0 aliphatic heterocycles. The first kappa shape index (κ1) is 14.5. The molecule has 20 heavy (non-hydrogen) atoms. The van der Waals surface area contributed by atoms with Gasteiger partial charge >= 0.3 is 5.97 Å². The summed E-state index contributed by atoms with van der Waals surface area (Å²) in [4.78, 5) is 27.3. The smallest absolute Gasteiger partial charge is 0.332 e. The average Bonchev–Trinajstić information content (AvgIpc) is 2.90. The molecule has 108 valence electrons. The Hall–Kier alpha value is -1.93. The normalized spacial score (nSPS) is 12.5. The molecule has 7 nitrogen and oxygen atoms in total. The number of rotatable bonds is 6. The number of aromatic nitrogens is 2. The molecule has 0 aliphatic rings. The van der Waals surface area contributed by atoms with Gasteiger partial charge < -0.3 is 15.5 Å². The number of carbonyl (C=O) groups is 2. The Bertz CT molecular complexity index is 634. The number of imidazole rings is 1. The van der Waals surface area contributed by atoms with Gasteiger partial charge in [0.05, 0.1) is 12.1 Å². The summed E-state index contributed by atoms with van der Waals surface area (Å²) in [6.07, 6.45) is 0.603. The summed E-state index contributed by atoms with van der Waals surface area (Å²) >= 11 is 1.46. The third kappa shape index (κ3) is 3.34. The van der Waals surface area contributed by atoms with E-state index < -0.39 is 12.1 Å². The lowest BCUT2D eigenvalue weighted by Crippen LogP contribution is -2.31. The van der Waals surface area contributed by atoms with Gasteiger partial charge in [0, 0.05) is 30.2 Å². The van der Waals surface area contributed by atoms with Gasteiger partial charge in [0.1, 0.15) is 0 Å². The highest BCUT2D eigenvalue weighted by molar-refractivity contribution is 7.15. The van der Waals surface area contributed by atoms with Gasteiger partial charge in [-0.1, -0.05) is 0 Å². The van der Waals surface area contributed by atoms with E-state index in [-0.39, 0.29) is 25.3 Å². The standard InChI is InChI=1S/C12H15N3O4S/c1-7-5-15-8(6-20-12(15)14-7)4-10(17)13-3-2-9(16)11(18)19/h5-6,9,16H,2-4H2,1H3,(H,13,17)(H,18,19). The van der Waals surface area contributed by atoms with Crippen LogP contribution in [0.5, 0.6) is 0 Å². The molecule has 0 bridgehead atoms. The number of carboxylic acid groups (broad SMARTS) is 1. The lowest BCUT2D eigenvalue weighted by atomic mass is 10.2. The molecule has 3 N–H and O–H groups in total. The monoisotopic (exact) mass is 297 g/mol. The SMILES string of the molecule is Cc1cn2c(CC(=O)NCCC(O)C(=O)O)csc2n1. The minimum Gasteiger partial charge on any atom is -0.479 e. The Morgan fingerprint density at radius 2 is 2.30 bits per heavy atom. The van der Waals surface area contributed by atoms with Crippen molar-refractivity contribution < 1.29 is 19.8 Å². The summed E-state index contributed by atoms with van der Waals surface area (Å²) in [7, 11) is 0. The highest BCUT2D eigenvalue weighted by atomic mass is 32.1. The number of nitrogens with one attached hydrogen (secondary N) is 1. The highest BCUT2D eigenvalue weighted by Crippen LogP contribution is 2.16. The van der Waals surface area contributed by atoms with E-state index >= 15 is 0 Å². The first-order valence-corrected chi connectivity index (χ1v) is 6.95. The molecule has 8 heteroatoms. The summed E-state index contributed by atoms with van der Waals surface area (Å²) in [5.74, 6) is -1.50. The molecule has 2 aromatic heterocycles. The number of aliphatic hydroxyl groups excluding tert-OH is 1. The molecular weight excluding hydrogens is 282 g/mol. The number of aliphatic hydroxyl groups is 1. The summed E-state index contributed by atoms with van der Waals surface area (Å²) in [5, 5.41) is 22.0. The molecule has 2 rings (SSSR count). The number of hydrogen-bond acceptors (Lipinski definition) is 5. The molecule has 0 aliphatic carbocycles. The Balaban J connectivity index is 1.87. The topological polar surface area (TPSA) is 104 Å². The molecular formula is C12H15N3O4S. The maximum absolute atomic E-state index is 11.7. The van der Waals surface area contributed by atoms with E-state index in [1.165, 1.54) is 11.3 Å². The number of carbonyl (C=O) groups excluding carboxylic acids is 1. The van der Waals surface area contributed by atoms with Gasteiger partial charge in [-0.2, -0.15) is 0 Å². The maximum atomic E-state index is 11.7. The van der Waals surface area contributed by atoms with Crippen molar-refractivity contribution in [3.63, 3.8) is 0 Å². The van der Waals surface area contributed by atoms with Crippen LogP contribution in [-0.2, 0) is 16.0 Å². The fourth-order valence-electron chi connectivity index (χ4n) is 1.77. The summed E-state index contributed by atoms with van der Waals surface area (Å²) in [5.41, 5.74) is 1.73. The van der Waals surface area contributed by atoms with Crippen LogP contribution in [0.15, 0.2) is 11.6 Å². The summed E-state index contributed by atoms with van der Waals surface area (Å²) in [6.45, 7) is 2.01. The van der Waals surface area contributed by atoms with Gasteiger partial charge in [0.15, 0.2) is 11.1 Å². The third-order valence-electron chi connectivity index (χ3n) is 2.77. The van der Waals surface area contributed by atoms with Crippen LogP contribution in [0.25, 0.3) is 4.96 Å². The predicted molar refractivity (Wildman–Crippen MR) is 72.8 cm³/mol. The van der Waals surface area contributed by atoms with Gasteiger partial charge in [-0.05, 0) is 6.92 Å². The lowest BCUT2D eigenvalue weighted by molar-refractivity contribution is -0.147. The Labute approximate surface area is 118 Å².